The molecule has 0 atom stereocenters. The Morgan fingerprint density at radius 3 is 2.84 bits per heavy atom. The molecule has 2 aromatic rings. The fraction of sp³-hybridized carbons (Fsp3) is 0.429. The summed E-state index contributed by atoms with van der Waals surface area (Å²) in [5.41, 5.74) is 3.53. The van der Waals surface area contributed by atoms with Crippen LogP contribution in [0.2, 0.25) is 0 Å². The number of hydrogen-bond donors (Lipinski definition) is 1. The Balaban J connectivity index is 2.17. The van der Waals surface area contributed by atoms with Crippen LogP contribution < -0.4 is 10.2 Å². The Kier molecular flexibility index (Phi) is 4.74. The molecule has 0 amide bonds. The van der Waals surface area contributed by atoms with E-state index < -0.39 is 0 Å². The fourth-order valence-electron chi connectivity index (χ4n) is 2.00. The normalized spacial score (nSPS) is 10.5. The van der Waals surface area contributed by atoms with E-state index in [0.29, 0.717) is 0 Å². The van der Waals surface area contributed by atoms with E-state index in [9.17, 15) is 0 Å². The average molecular weight is 276 g/mol. The van der Waals surface area contributed by atoms with Crippen molar-refractivity contribution in [1.29, 1.82) is 0 Å². The van der Waals surface area contributed by atoms with Gasteiger partial charge in [0.15, 0.2) is 0 Å². The van der Waals surface area contributed by atoms with Crippen molar-refractivity contribution >= 4 is 22.2 Å². The molecule has 2 rings (SSSR count). The Hall–Kier alpha value is -1.62. The lowest BCUT2D eigenvalue weighted by molar-refractivity contribution is 0.803. The number of anilines is 2. The maximum absolute atomic E-state index is 4.23. The molecular formula is C14H20N4S. The molecule has 4 nitrogen and oxygen atoms in total. The second-order valence-electron chi connectivity index (χ2n) is 4.43. The molecule has 0 aliphatic rings. The van der Waals surface area contributed by atoms with E-state index in [1.807, 2.05) is 0 Å². The number of nitrogens with one attached hydrogen (secondary N) is 1. The smallest absolute Gasteiger partial charge is 0.135 e. The van der Waals surface area contributed by atoms with Crippen LogP contribution >= 0.6 is 11.5 Å². The van der Waals surface area contributed by atoms with Crippen LogP contribution in [0.25, 0.3) is 0 Å². The van der Waals surface area contributed by atoms with Gasteiger partial charge in [0.1, 0.15) is 10.7 Å². The van der Waals surface area contributed by atoms with Crippen LogP contribution in [-0.2, 0) is 6.54 Å². The first kappa shape index (κ1) is 13.8. The Morgan fingerprint density at radius 2 is 2.16 bits per heavy atom. The van der Waals surface area contributed by atoms with Crippen LogP contribution in [0.1, 0.15) is 25.1 Å². The van der Waals surface area contributed by atoms with Crippen molar-refractivity contribution in [3.8, 4) is 0 Å². The Morgan fingerprint density at radius 1 is 1.32 bits per heavy atom. The molecule has 1 heterocycles. The van der Waals surface area contributed by atoms with Crippen molar-refractivity contribution in [2.45, 2.75) is 27.3 Å². The van der Waals surface area contributed by atoms with Gasteiger partial charge < -0.3 is 10.2 Å². The molecule has 0 aliphatic carbocycles. The van der Waals surface area contributed by atoms with Gasteiger partial charge in [-0.1, -0.05) is 16.6 Å². The predicted molar refractivity (Wildman–Crippen MR) is 82.0 cm³/mol. The molecule has 0 saturated heterocycles. The summed E-state index contributed by atoms with van der Waals surface area (Å²) in [6.07, 6.45) is 0. The van der Waals surface area contributed by atoms with Crippen LogP contribution in [0.5, 0.6) is 0 Å². The molecule has 19 heavy (non-hydrogen) atoms. The molecule has 0 bridgehead atoms. The topological polar surface area (TPSA) is 41.1 Å². The molecule has 1 aromatic heterocycles. The van der Waals surface area contributed by atoms with Crippen molar-refractivity contribution in [2.75, 3.05) is 23.3 Å². The standard InChI is InChI=1S/C14H20N4S/c1-4-15-14-13(16-17-19-14)10-18(5-2)12-8-6-7-11(3)9-12/h6-9,15H,4-5,10H2,1-3H3. The van der Waals surface area contributed by atoms with E-state index in [4.69, 9.17) is 0 Å². The lowest BCUT2D eigenvalue weighted by atomic mass is 10.2. The van der Waals surface area contributed by atoms with Crippen LogP contribution in [-0.4, -0.2) is 22.7 Å². The number of hydrogen-bond acceptors (Lipinski definition) is 5. The highest BCUT2D eigenvalue weighted by molar-refractivity contribution is 7.10. The van der Waals surface area contributed by atoms with Crippen LogP contribution in [0.4, 0.5) is 10.7 Å². The summed E-state index contributed by atoms with van der Waals surface area (Å²) in [6, 6.07) is 8.56. The SMILES string of the molecule is CCNc1snnc1CN(CC)c1cccc(C)c1. The van der Waals surface area contributed by atoms with Gasteiger partial charge in [-0.05, 0) is 38.5 Å². The first-order valence-corrected chi connectivity index (χ1v) is 7.38. The molecular weight excluding hydrogens is 256 g/mol. The van der Waals surface area contributed by atoms with Crippen molar-refractivity contribution in [3.63, 3.8) is 0 Å². The third-order valence-corrected chi connectivity index (χ3v) is 3.71. The maximum atomic E-state index is 4.23. The summed E-state index contributed by atoms with van der Waals surface area (Å²) in [5, 5.41) is 8.63. The minimum atomic E-state index is 0.790. The number of nitrogens with zero attached hydrogens (tertiary/aromatic N) is 3. The van der Waals surface area contributed by atoms with E-state index in [0.717, 1.165) is 30.3 Å². The van der Waals surface area contributed by atoms with Gasteiger partial charge in [-0.3, -0.25) is 0 Å². The summed E-state index contributed by atoms with van der Waals surface area (Å²) in [6.45, 7) is 9.00. The zero-order valence-electron chi connectivity index (χ0n) is 11.7. The monoisotopic (exact) mass is 276 g/mol. The first-order chi connectivity index (χ1) is 9.24. The molecule has 0 radical (unpaired) electrons. The molecule has 1 N–H and O–H groups in total. The highest BCUT2D eigenvalue weighted by Crippen LogP contribution is 2.23. The van der Waals surface area contributed by atoms with Crippen LogP contribution in [0.3, 0.4) is 0 Å². The van der Waals surface area contributed by atoms with E-state index in [-0.39, 0.29) is 0 Å². The lowest BCUT2D eigenvalue weighted by Gasteiger charge is -2.22. The van der Waals surface area contributed by atoms with E-state index in [1.165, 1.54) is 22.8 Å². The van der Waals surface area contributed by atoms with Gasteiger partial charge in [0.2, 0.25) is 0 Å². The first-order valence-electron chi connectivity index (χ1n) is 6.61. The van der Waals surface area contributed by atoms with Gasteiger partial charge in [-0.15, -0.1) is 5.10 Å². The van der Waals surface area contributed by atoms with E-state index in [2.05, 4.69) is 64.8 Å². The van der Waals surface area contributed by atoms with Gasteiger partial charge in [0, 0.05) is 30.3 Å². The van der Waals surface area contributed by atoms with Crippen molar-refractivity contribution in [3.05, 3.63) is 35.5 Å². The second kappa shape index (κ2) is 6.52. The fourth-order valence-corrected chi connectivity index (χ4v) is 2.64. The zero-order valence-corrected chi connectivity index (χ0v) is 12.5. The summed E-state index contributed by atoms with van der Waals surface area (Å²) in [7, 11) is 0. The predicted octanol–water partition coefficient (Wildman–Crippen LogP) is 3.30. The third kappa shape index (κ3) is 3.44. The minimum Gasteiger partial charge on any atom is -0.374 e. The summed E-state index contributed by atoms with van der Waals surface area (Å²) < 4.78 is 4.04. The summed E-state index contributed by atoms with van der Waals surface area (Å²) in [4.78, 5) is 2.31. The second-order valence-corrected chi connectivity index (χ2v) is 5.19. The number of aromatic nitrogens is 2. The molecule has 0 spiro atoms. The Labute approximate surface area is 118 Å². The quantitative estimate of drug-likeness (QED) is 0.879. The van der Waals surface area contributed by atoms with Gasteiger partial charge >= 0.3 is 0 Å². The molecule has 0 unspecified atom stereocenters. The van der Waals surface area contributed by atoms with Gasteiger partial charge in [-0.25, -0.2) is 0 Å². The summed E-state index contributed by atoms with van der Waals surface area (Å²) >= 11 is 1.43. The molecule has 5 heteroatoms. The largest absolute Gasteiger partial charge is 0.374 e. The van der Waals surface area contributed by atoms with Crippen molar-refractivity contribution in [1.82, 2.24) is 9.59 Å². The third-order valence-electron chi connectivity index (χ3n) is 2.98. The highest BCUT2D eigenvalue weighted by atomic mass is 32.1. The number of aryl methyl sites for hydroxylation is 1. The van der Waals surface area contributed by atoms with Gasteiger partial charge in [-0.2, -0.15) is 0 Å². The van der Waals surface area contributed by atoms with Crippen LogP contribution in [0.15, 0.2) is 24.3 Å². The minimum absolute atomic E-state index is 0.790. The van der Waals surface area contributed by atoms with E-state index in [1.54, 1.807) is 0 Å². The zero-order chi connectivity index (χ0) is 13.7. The summed E-state index contributed by atoms with van der Waals surface area (Å²) in [5.74, 6) is 0. The molecule has 0 saturated carbocycles. The highest BCUT2D eigenvalue weighted by Gasteiger charge is 2.12. The van der Waals surface area contributed by atoms with Crippen molar-refractivity contribution < 1.29 is 0 Å². The number of benzene rings is 1. The maximum Gasteiger partial charge on any atom is 0.135 e. The molecule has 0 fully saturated rings. The van der Waals surface area contributed by atoms with Crippen molar-refractivity contribution in [2.24, 2.45) is 0 Å². The lowest BCUT2D eigenvalue weighted by Crippen LogP contribution is -2.22. The average Bonchev–Trinajstić information content (AvgIpc) is 2.84. The van der Waals surface area contributed by atoms with E-state index >= 15 is 0 Å². The Bertz CT molecular complexity index is 524. The van der Waals surface area contributed by atoms with Crippen LogP contribution in [0, 0.1) is 6.92 Å². The number of rotatable bonds is 6. The molecule has 102 valence electrons. The molecule has 0 aliphatic heterocycles. The van der Waals surface area contributed by atoms with Gasteiger partial charge in [0.25, 0.3) is 0 Å². The van der Waals surface area contributed by atoms with Gasteiger partial charge in [0.05, 0.1) is 6.54 Å². The molecule has 1 aromatic carbocycles.